The highest BCUT2D eigenvalue weighted by molar-refractivity contribution is 5.03. The molecule has 17 heavy (non-hydrogen) atoms. The van der Waals surface area contributed by atoms with Gasteiger partial charge in [0.05, 0.1) is 12.8 Å². The molecule has 4 heteroatoms. The zero-order valence-electron chi connectivity index (χ0n) is 11.3. The fraction of sp³-hybridized carbons (Fsp3) is 0.769. The highest BCUT2D eigenvalue weighted by Crippen LogP contribution is 2.08. The molecular weight excluding hydrogens is 214 g/mol. The molecule has 98 valence electrons. The Morgan fingerprint density at radius 3 is 3.00 bits per heavy atom. The second kappa shape index (κ2) is 8.25. The fourth-order valence-electron chi connectivity index (χ4n) is 1.75. The molecule has 1 unspecified atom stereocenters. The predicted octanol–water partition coefficient (Wildman–Crippen LogP) is 1.71. The predicted molar refractivity (Wildman–Crippen MR) is 70.1 cm³/mol. The topological polar surface area (TPSA) is 39.1 Å². The summed E-state index contributed by atoms with van der Waals surface area (Å²) in [4.78, 5) is 0. The lowest BCUT2D eigenvalue weighted by Crippen LogP contribution is -2.25. The summed E-state index contributed by atoms with van der Waals surface area (Å²) in [5.41, 5.74) is 1.34. The summed E-state index contributed by atoms with van der Waals surface area (Å²) in [5, 5.41) is 7.68. The van der Waals surface area contributed by atoms with Crippen molar-refractivity contribution in [2.75, 3.05) is 26.8 Å². The van der Waals surface area contributed by atoms with Crippen LogP contribution in [0.2, 0.25) is 0 Å². The van der Waals surface area contributed by atoms with Gasteiger partial charge in [-0.15, -0.1) is 0 Å². The van der Waals surface area contributed by atoms with E-state index in [-0.39, 0.29) is 0 Å². The van der Waals surface area contributed by atoms with Gasteiger partial charge in [-0.05, 0) is 37.8 Å². The summed E-state index contributed by atoms with van der Waals surface area (Å²) in [6, 6.07) is 0. The Bertz CT molecular complexity index is 299. The Labute approximate surface area is 104 Å². The summed E-state index contributed by atoms with van der Waals surface area (Å²) in [5.74, 6) is 0.692. The van der Waals surface area contributed by atoms with Gasteiger partial charge >= 0.3 is 0 Å². The second-order valence-electron chi connectivity index (χ2n) is 4.55. The molecule has 0 spiro atoms. The lowest BCUT2D eigenvalue weighted by atomic mass is 10.0. The first kappa shape index (κ1) is 14.2. The molecule has 1 N–H and O–H groups in total. The van der Waals surface area contributed by atoms with Gasteiger partial charge in [0.1, 0.15) is 0 Å². The summed E-state index contributed by atoms with van der Waals surface area (Å²) in [6.45, 7) is 8.13. The van der Waals surface area contributed by atoms with Crippen molar-refractivity contribution in [3.8, 4) is 0 Å². The summed E-state index contributed by atoms with van der Waals surface area (Å²) in [7, 11) is 1.73. The molecule has 1 rings (SSSR count). The Morgan fingerprint density at radius 2 is 2.35 bits per heavy atom. The molecule has 0 aliphatic heterocycles. The van der Waals surface area contributed by atoms with Gasteiger partial charge in [-0.3, -0.25) is 4.68 Å². The van der Waals surface area contributed by atoms with Crippen molar-refractivity contribution >= 4 is 0 Å². The van der Waals surface area contributed by atoms with Crippen molar-refractivity contribution in [2.45, 2.75) is 33.2 Å². The zero-order valence-corrected chi connectivity index (χ0v) is 11.3. The first-order valence-electron chi connectivity index (χ1n) is 6.47. The monoisotopic (exact) mass is 239 g/mol. The van der Waals surface area contributed by atoms with Gasteiger partial charge < -0.3 is 10.1 Å². The van der Waals surface area contributed by atoms with E-state index in [1.807, 2.05) is 10.9 Å². The second-order valence-corrected chi connectivity index (χ2v) is 4.55. The van der Waals surface area contributed by atoms with E-state index in [0.29, 0.717) is 5.92 Å². The molecule has 0 bridgehead atoms. The fourth-order valence-corrected chi connectivity index (χ4v) is 1.75. The van der Waals surface area contributed by atoms with Gasteiger partial charge in [-0.2, -0.15) is 5.10 Å². The first-order valence-corrected chi connectivity index (χ1v) is 6.47. The van der Waals surface area contributed by atoms with Crippen molar-refractivity contribution in [1.29, 1.82) is 0 Å². The minimum absolute atomic E-state index is 0.692. The van der Waals surface area contributed by atoms with Crippen molar-refractivity contribution in [1.82, 2.24) is 15.1 Å². The zero-order chi connectivity index (χ0) is 12.5. The highest BCUT2D eigenvalue weighted by atomic mass is 16.5. The average Bonchev–Trinajstić information content (AvgIpc) is 2.80. The van der Waals surface area contributed by atoms with Crippen LogP contribution in [0.4, 0.5) is 0 Å². The van der Waals surface area contributed by atoms with Gasteiger partial charge in [0, 0.05) is 26.4 Å². The molecule has 0 aliphatic rings. The Balaban J connectivity index is 2.12. The Kier molecular flexibility index (Phi) is 6.89. The number of aromatic nitrogens is 2. The van der Waals surface area contributed by atoms with Crippen LogP contribution in [0.1, 0.15) is 25.8 Å². The van der Waals surface area contributed by atoms with Crippen molar-refractivity contribution < 1.29 is 4.74 Å². The van der Waals surface area contributed by atoms with Crippen molar-refractivity contribution in [3.63, 3.8) is 0 Å². The third kappa shape index (κ3) is 5.84. The van der Waals surface area contributed by atoms with Gasteiger partial charge in [-0.1, -0.05) is 6.92 Å². The molecule has 0 aliphatic carbocycles. The van der Waals surface area contributed by atoms with Crippen LogP contribution in [0.5, 0.6) is 0 Å². The standard InChI is InChI=1S/C13H25N3O/c1-4-16-11-13(10-15-16)6-5-12(2)9-14-7-8-17-3/h10-12,14H,4-9H2,1-3H3. The number of hydrogen-bond acceptors (Lipinski definition) is 3. The van der Waals surface area contributed by atoms with E-state index in [1.54, 1.807) is 7.11 Å². The maximum Gasteiger partial charge on any atom is 0.0587 e. The SMILES string of the molecule is CCn1cc(CCC(C)CNCCOC)cn1. The number of methoxy groups -OCH3 is 1. The number of nitrogens with zero attached hydrogens (tertiary/aromatic N) is 2. The Morgan fingerprint density at radius 1 is 1.53 bits per heavy atom. The highest BCUT2D eigenvalue weighted by Gasteiger charge is 2.03. The molecule has 0 saturated carbocycles. The molecule has 1 aromatic heterocycles. The van der Waals surface area contributed by atoms with E-state index in [2.05, 4.69) is 30.5 Å². The molecule has 0 aromatic carbocycles. The summed E-state index contributed by atoms with van der Waals surface area (Å²) >= 11 is 0. The molecule has 0 radical (unpaired) electrons. The molecule has 0 amide bonds. The van der Waals surface area contributed by atoms with Gasteiger partial charge in [0.2, 0.25) is 0 Å². The van der Waals surface area contributed by atoms with Crippen molar-refractivity contribution in [2.24, 2.45) is 5.92 Å². The van der Waals surface area contributed by atoms with Crippen LogP contribution >= 0.6 is 0 Å². The first-order chi connectivity index (χ1) is 8.26. The van der Waals surface area contributed by atoms with Crippen LogP contribution in [0.15, 0.2) is 12.4 Å². The molecular formula is C13H25N3O. The van der Waals surface area contributed by atoms with Crippen LogP contribution in [0.25, 0.3) is 0 Å². The van der Waals surface area contributed by atoms with E-state index in [0.717, 1.165) is 32.7 Å². The van der Waals surface area contributed by atoms with E-state index < -0.39 is 0 Å². The van der Waals surface area contributed by atoms with Gasteiger partial charge in [0.15, 0.2) is 0 Å². The average molecular weight is 239 g/mol. The third-order valence-electron chi connectivity index (χ3n) is 2.91. The number of nitrogens with one attached hydrogen (secondary N) is 1. The van der Waals surface area contributed by atoms with E-state index in [9.17, 15) is 0 Å². The minimum Gasteiger partial charge on any atom is -0.383 e. The van der Waals surface area contributed by atoms with Crippen LogP contribution in [-0.2, 0) is 17.7 Å². The smallest absolute Gasteiger partial charge is 0.0587 e. The number of hydrogen-bond donors (Lipinski definition) is 1. The van der Waals surface area contributed by atoms with Gasteiger partial charge in [0.25, 0.3) is 0 Å². The number of rotatable bonds is 9. The molecule has 1 aromatic rings. The van der Waals surface area contributed by atoms with E-state index >= 15 is 0 Å². The quantitative estimate of drug-likeness (QED) is 0.667. The third-order valence-corrected chi connectivity index (χ3v) is 2.91. The number of ether oxygens (including phenoxy) is 1. The van der Waals surface area contributed by atoms with Crippen LogP contribution in [0, 0.1) is 5.92 Å². The largest absolute Gasteiger partial charge is 0.383 e. The van der Waals surface area contributed by atoms with Gasteiger partial charge in [-0.25, -0.2) is 0 Å². The molecule has 0 saturated heterocycles. The van der Waals surface area contributed by atoms with E-state index in [1.165, 1.54) is 12.0 Å². The van der Waals surface area contributed by atoms with Crippen molar-refractivity contribution in [3.05, 3.63) is 18.0 Å². The maximum absolute atomic E-state index is 4.99. The molecule has 0 fully saturated rings. The molecule has 1 heterocycles. The lowest BCUT2D eigenvalue weighted by Gasteiger charge is -2.11. The minimum atomic E-state index is 0.692. The molecule has 4 nitrogen and oxygen atoms in total. The summed E-state index contributed by atoms with van der Waals surface area (Å²) in [6.07, 6.45) is 6.45. The lowest BCUT2D eigenvalue weighted by molar-refractivity contribution is 0.198. The Hall–Kier alpha value is -0.870. The van der Waals surface area contributed by atoms with Crippen LogP contribution < -0.4 is 5.32 Å². The maximum atomic E-state index is 4.99. The van der Waals surface area contributed by atoms with E-state index in [4.69, 9.17) is 4.74 Å². The normalized spacial score (nSPS) is 12.9. The van der Waals surface area contributed by atoms with Crippen LogP contribution in [-0.4, -0.2) is 36.6 Å². The number of aryl methyl sites for hydroxylation is 2. The molecule has 1 atom stereocenters. The summed E-state index contributed by atoms with van der Waals surface area (Å²) < 4.78 is 6.98. The van der Waals surface area contributed by atoms with Crippen LogP contribution in [0.3, 0.4) is 0 Å².